The van der Waals surface area contributed by atoms with Crippen LogP contribution in [0, 0.1) is 5.92 Å². The van der Waals surface area contributed by atoms with Gasteiger partial charge in [-0.1, -0.05) is 25.0 Å². The van der Waals surface area contributed by atoms with Crippen LogP contribution in [0.5, 0.6) is 0 Å². The van der Waals surface area contributed by atoms with Crippen LogP contribution < -0.4 is 5.32 Å². The van der Waals surface area contributed by atoms with Crippen LogP contribution in [0.4, 0.5) is 13.2 Å². The van der Waals surface area contributed by atoms with E-state index in [1.807, 2.05) is 0 Å². The van der Waals surface area contributed by atoms with Gasteiger partial charge in [-0.2, -0.15) is 13.2 Å². The van der Waals surface area contributed by atoms with Crippen LogP contribution in [0.3, 0.4) is 0 Å². The molecule has 124 valence electrons. The van der Waals surface area contributed by atoms with Gasteiger partial charge in [0.15, 0.2) is 5.76 Å². The molecule has 1 aliphatic rings. The minimum Gasteiger partial charge on any atom is -0.450 e. The zero-order chi connectivity index (χ0) is 16.6. The zero-order valence-corrected chi connectivity index (χ0v) is 13.7. The lowest BCUT2D eigenvalue weighted by Crippen LogP contribution is -2.47. The highest BCUT2D eigenvalue weighted by Crippen LogP contribution is 2.38. The number of halogens is 4. The molecule has 0 radical (unpaired) electrons. The molecule has 0 saturated heterocycles. The Labute approximate surface area is 139 Å². The fraction of sp³-hybridized carbons (Fsp3) is 0.438. The van der Waals surface area contributed by atoms with Crippen LogP contribution >= 0.6 is 15.9 Å². The van der Waals surface area contributed by atoms with Gasteiger partial charge in [0.25, 0.3) is 5.91 Å². The Kier molecular flexibility index (Phi) is 4.40. The Hall–Kier alpha value is -1.50. The number of fused-ring (bicyclic) bond motifs is 1. The monoisotopic (exact) mass is 389 g/mol. The maximum absolute atomic E-state index is 13.1. The highest BCUT2D eigenvalue weighted by atomic mass is 79.9. The van der Waals surface area contributed by atoms with Gasteiger partial charge in [0.05, 0.1) is 10.4 Å². The highest BCUT2D eigenvalue weighted by Gasteiger charge is 2.46. The summed E-state index contributed by atoms with van der Waals surface area (Å²) in [6.45, 7) is 0. The number of furan rings is 1. The normalized spacial score (nSPS) is 22.3. The molecule has 1 fully saturated rings. The third kappa shape index (κ3) is 3.39. The van der Waals surface area contributed by atoms with E-state index in [1.54, 1.807) is 24.3 Å². The Balaban J connectivity index is 1.80. The molecule has 0 spiro atoms. The van der Waals surface area contributed by atoms with Crippen molar-refractivity contribution in [2.24, 2.45) is 5.92 Å². The van der Waals surface area contributed by atoms with Crippen LogP contribution in [0.2, 0.25) is 0 Å². The summed E-state index contributed by atoms with van der Waals surface area (Å²) in [6.07, 6.45) is -2.69. The van der Waals surface area contributed by atoms with Crippen molar-refractivity contribution in [2.75, 3.05) is 0 Å². The van der Waals surface area contributed by atoms with E-state index in [4.69, 9.17) is 4.42 Å². The van der Waals surface area contributed by atoms with Crippen molar-refractivity contribution in [3.63, 3.8) is 0 Å². The van der Waals surface area contributed by atoms with E-state index in [1.165, 1.54) is 0 Å². The second kappa shape index (κ2) is 6.19. The van der Waals surface area contributed by atoms with Crippen molar-refractivity contribution in [3.8, 4) is 0 Å². The van der Waals surface area contributed by atoms with Crippen molar-refractivity contribution in [3.05, 3.63) is 34.5 Å². The number of hydrogen-bond acceptors (Lipinski definition) is 2. The van der Waals surface area contributed by atoms with E-state index in [-0.39, 0.29) is 12.2 Å². The summed E-state index contributed by atoms with van der Waals surface area (Å²) in [6, 6.07) is 5.99. The zero-order valence-electron chi connectivity index (χ0n) is 12.1. The molecule has 7 heteroatoms. The molecule has 1 heterocycles. The number of carbonyl (C=O) groups excluding carboxylic acids is 1. The van der Waals surface area contributed by atoms with E-state index >= 15 is 0 Å². The number of hydrogen-bond donors (Lipinski definition) is 1. The molecule has 0 bridgehead atoms. The van der Waals surface area contributed by atoms with Gasteiger partial charge in [0.1, 0.15) is 5.58 Å². The summed E-state index contributed by atoms with van der Waals surface area (Å²) >= 11 is 3.32. The minimum absolute atomic E-state index is 0.0263. The van der Waals surface area contributed by atoms with Crippen molar-refractivity contribution in [1.82, 2.24) is 5.32 Å². The third-order valence-electron chi connectivity index (χ3n) is 4.22. The van der Waals surface area contributed by atoms with Gasteiger partial charge >= 0.3 is 6.18 Å². The lowest BCUT2D eigenvalue weighted by molar-refractivity contribution is -0.187. The van der Waals surface area contributed by atoms with Crippen LogP contribution in [0.25, 0.3) is 11.0 Å². The largest absolute Gasteiger partial charge is 0.450 e. The van der Waals surface area contributed by atoms with Crippen molar-refractivity contribution >= 4 is 32.8 Å². The number of para-hydroxylation sites is 1. The van der Waals surface area contributed by atoms with E-state index in [9.17, 15) is 18.0 Å². The fourth-order valence-electron chi connectivity index (χ4n) is 3.07. The number of benzene rings is 1. The Morgan fingerprint density at radius 2 is 2.00 bits per heavy atom. The predicted octanol–water partition coefficient (Wildman–Crippen LogP) is 5.05. The Morgan fingerprint density at radius 3 is 2.70 bits per heavy atom. The molecule has 2 aromatic rings. The standard InChI is InChI=1S/C16H15BrF3NO2/c17-11-6-3-4-9-8-13(23-14(9)11)15(22)21-12-7-2-1-5-10(12)16(18,19)20/h3-4,6,8,10,12H,1-2,5,7H2,(H,21,22). The van der Waals surface area contributed by atoms with Crippen LogP contribution in [0.1, 0.15) is 36.2 Å². The molecule has 23 heavy (non-hydrogen) atoms. The smallest absolute Gasteiger partial charge is 0.393 e. The fourth-order valence-corrected chi connectivity index (χ4v) is 3.54. The molecule has 3 nitrogen and oxygen atoms in total. The summed E-state index contributed by atoms with van der Waals surface area (Å²) in [5.74, 6) is -2.07. The lowest BCUT2D eigenvalue weighted by Gasteiger charge is -2.33. The number of alkyl halides is 3. The highest BCUT2D eigenvalue weighted by molar-refractivity contribution is 9.10. The van der Waals surface area contributed by atoms with E-state index in [0.717, 1.165) is 5.39 Å². The first-order chi connectivity index (χ1) is 10.9. The number of carbonyl (C=O) groups is 1. The quantitative estimate of drug-likeness (QED) is 0.780. The third-order valence-corrected chi connectivity index (χ3v) is 4.85. The van der Waals surface area contributed by atoms with Crippen molar-refractivity contribution < 1.29 is 22.4 Å². The van der Waals surface area contributed by atoms with E-state index in [2.05, 4.69) is 21.2 Å². The second-order valence-corrected chi connectivity index (χ2v) is 6.64. The molecule has 1 aliphatic carbocycles. The summed E-state index contributed by atoms with van der Waals surface area (Å²) < 4.78 is 45.4. The summed E-state index contributed by atoms with van der Waals surface area (Å²) in [4.78, 5) is 12.3. The molecule has 1 saturated carbocycles. The molecule has 2 unspecified atom stereocenters. The average Bonchev–Trinajstić information content (AvgIpc) is 2.92. The maximum atomic E-state index is 13.1. The van der Waals surface area contributed by atoms with Gasteiger partial charge in [-0.15, -0.1) is 0 Å². The van der Waals surface area contributed by atoms with Gasteiger partial charge in [-0.3, -0.25) is 4.79 Å². The van der Waals surface area contributed by atoms with Gasteiger partial charge < -0.3 is 9.73 Å². The number of rotatable bonds is 2. The molecule has 2 atom stereocenters. The summed E-state index contributed by atoms with van der Waals surface area (Å²) in [7, 11) is 0. The molecule has 1 aromatic carbocycles. The maximum Gasteiger partial charge on any atom is 0.393 e. The first kappa shape index (κ1) is 16.4. The Bertz CT molecular complexity index is 726. The number of amides is 1. The van der Waals surface area contributed by atoms with Crippen LogP contribution in [-0.4, -0.2) is 18.1 Å². The average molecular weight is 390 g/mol. The van der Waals surface area contributed by atoms with Crippen LogP contribution in [-0.2, 0) is 0 Å². The molecule has 1 N–H and O–H groups in total. The van der Waals surface area contributed by atoms with Gasteiger partial charge in [0.2, 0.25) is 0 Å². The molecule has 0 aliphatic heterocycles. The summed E-state index contributed by atoms with van der Waals surface area (Å²) in [5.41, 5.74) is 0.508. The topological polar surface area (TPSA) is 42.2 Å². The van der Waals surface area contributed by atoms with Crippen molar-refractivity contribution in [2.45, 2.75) is 37.9 Å². The first-order valence-corrected chi connectivity index (χ1v) is 8.21. The van der Waals surface area contributed by atoms with E-state index < -0.39 is 24.0 Å². The predicted molar refractivity (Wildman–Crippen MR) is 83.2 cm³/mol. The number of nitrogens with one attached hydrogen (secondary N) is 1. The second-order valence-electron chi connectivity index (χ2n) is 5.78. The summed E-state index contributed by atoms with van der Waals surface area (Å²) in [5, 5.41) is 3.23. The van der Waals surface area contributed by atoms with Crippen molar-refractivity contribution in [1.29, 1.82) is 0 Å². The Morgan fingerprint density at radius 1 is 1.26 bits per heavy atom. The lowest BCUT2D eigenvalue weighted by atomic mass is 9.84. The van der Waals surface area contributed by atoms with Gasteiger partial charge in [-0.25, -0.2) is 0 Å². The molecule has 1 aromatic heterocycles. The molecule has 1 amide bonds. The SMILES string of the molecule is O=C(NC1CCCCC1C(F)(F)F)c1cc2cccc(Br)c2o1. The first-order valence-electron chi connectivity index (χ1n) is 7.42. The van der Waals surface area contributed by atoms with Gasteiger partial charge in [-0.05, 0) is 40.9 Å². The molecular weight excluding hydrogens is 375 g/mol. The van der Waals surface area contributed by atoms with Crippen LogP contribution in [0.15, 0.2) is 33.2 Å². The van der Waals surface area contributed by atoms with E-state index in [0.29, 0.717) is 29.3 Å². The van der Waals surface area contributed by atoms with Gasteiger partial charge in [0, 0.05) is 11.4 Å². The minimum atomic E-state index is -4.30. The molecular formula is C16H15BrF3NO2. The molecule has 3 rings (SSSR count).